The molecule has 0 amide bonds. The Bertz CT molecular complexity index is 499. The van der Waals surface area contributed by atoms with Crippen LogP contribution in [0.5, 0.6) is 0 Å². The summed E-state index contributed by atoms with van der Waals surface area (Å²) in [5, 5.41) is 7.74. The van der Waals surface area contributed by atoms with Crippen LogP contribution in [0.15, 0.2) is 18.3 Å². The molecule has 0 bridgehead atoms. The van der Waals surface area contributed by atoms with Crippen LogP contribution in [0.2, 0.25) is 0 Å². The number of anilines is 2. The second kappa shape index (κ2) is 3.64. The fourth-order valence-corrected chi connectivity index (χ4v) is 1.94. The molecule has 0 aliphatic carbocycles. The first-order valence-electron chi connectivity index (χ1n) is 5.41. The van der Waals surface area contributed by atoms with E-state index < -0.39 is 0 Å². The van der Waals surface area contributed by atoms with Gasteiger partial charge in [-0.25, -0.2) is 4.52 Å². The molecule has 1 aliphatic heterocycles. The normalized spacial score (nSPS) is 16.9. The van der Waals surface area contributed by atoms with Gasteiger partial charge in [0.05, 0.1) is 0 Å². The van der Waals surface area contributed by atoms with E-state index in [0.29, 0.717) is 11.8 Å². The highest BCUT2D eigenvalue weighted by atomic mass is 15.4. The van der Waals surface area contributed by atoms with E-state index in [-0.39, 0.29) is 0 Å². The van der Waals surface area contributed by atoms with Gasteiger partial charge in [0, 0.05) is 32.4 Å². The number of nitrogen functional groups attached to an aromatic ring is 1. The molecule has 0 spiro atoms. The summed E-state index contributed by atoms with van der Waals surface area (Å²) in [7, 11) is 0. The summed E-state index contributed by atoms with van der Waals surface area (Å²) in [6, 6.07) is 3.83. The quantitative estimate of drug-likeness (QED) is 0.689. The molecule has 1 saturated heterocycles. The fraction of sp³-hybridized carbons (Fsp3) is 0.400. The summed E-state index contributed by atoms with van der Waals surface area (Å²) in [5.41, 5.74) is 6.75. The van der Waals surface area contributed by atoms with Crippen LogP contribution in [0.3, 0.4) is 0 Å². The summed E-state index contributed by atoms with van der Waals surface area (Å²) < 4.78 is 1.78. The first-order chi connectivity index (χ1) is 7.84. The van der Waals surface area contributed by atoms with Gasteiger partial charge in [-0.05, 0) is 12.1 Å². The molecular weight excluding hydrogens is 204 g/mol. The van der Waals surface area contributed by atoms with E-state index in [1.165, 1.54) is 0 Å². The van der Waals surface area contributed by atoms with Crippen molar-refractivity contribution in [1.82, 2.24) is 19.9 Å². The SMILES string of the molecule is Nc1nc(N2CCNCC2)nn2cccc12. The number of fused-ring (bicyclic) bond motifs is 1. The van der Waals surface area contributed by atoms with Crippen molar-refractivity contribution < 1.29 is 0 Å². The van der Waals surface area contributed by atoms with Crippen LogP contribution in [-0.4, -0.2) is 40.8 Å². The van der Waals surface area contributed by atoms with Crippen LogP contribution < -0.4 is 16.0 Å². The standard InChI is InChI=1S/C10H14N6/c11-9-8-2-1-5-16(8)14-10(13-9)15-6-3-12-4-7-15/h1-2,5,12H,3-4,6-7H2,(H2,11,13,14). The Balaban J connectivity index is 2.02. The zero-order valence-electron chi connectivity index (χ0n) is 8.93. The molecule has 2 aromatic rings. The third kappa shape index (κ3) is 1.47. The number of nitrogens with two attached hydrogens (primary N) is 1. The molecule has 6 nitrogen and oxygen atoms in total. The molecule has 84 valence electrons. The van der Waals surface area contributed by atoms with Crippen molar-refractivity contribution in [2.24, 2.45) is 0 Å². The number of piperazine rings is 1. The lowest BCUT2D eigenvalue weighted by atomic mass is 10.4. The summed E-state index contributed by atoms with van der Waals surface area (Å²) in [6.07, 6.45) is 1.89. The molecule has 1 fully saturated rings. The first kappa shape index (κ1) is 9.41. The molecule has 1 aliphatic rings. The number of hydrogen-bond acceptors (Lipinski definition) is 5. The Kier molecular flexibility index (Phi) is 2.14. The number of aromatic nitrogens is 3. The van der Waals surface area contributed by atoms with Gasteiger partial charge in [0.15, 0.2) is 5.82 Å². The van der Waals surface area contributed by atoms with E-state index in [2.05, 4.69) is 20.3 Å². The van der Waals surface area contributed by atoms with Gasteiger partial charge in [-0.2, -0.15) is 4.98 Å². The summed E-state index contributed by atoms with van der Waals surface area (Å²) in [5.74, 6) is 1.25. The Morgan fingerprint density at radius 2 is 2.12 bits per heavy atom. The van der Waals surface area contributed by atoms with Crippen LogP contribution in [0.25, 0.3) is 5.52 Å². The Morgan fingerprint density at radius 3 is 2.94 bits per heavy atom. The van der Waals surface area contributed by atoms with Gasteiger partial charge < -0.3 is 16.0 Å². The Labute approximate surface area is 93.1 Å². The third-order valence-electron chi connectivity index (χ3n) is 2.81. The average molecular weight is 218 g/mol. The van der Waals surface area contributed by atoms with Gasteiger partial charge in [-0.1, -0.05) is 0 Å². The number of rotatable bonds is 1. The van der Waals surface area contributed by atoms with E-state index in [1.54, 1.807) is 4.52 Å². The Hall–Kier alpha value is -1.82. The molecule has 3 rings (SSSR count). The van der Waals surface area contributed by atoms with Crippen molar-refractivity contribution in [1.29, 1.82) is 0 Å². The minimum absolute atomic E-state index is 0.536. The fourth-order valence-electron chi connectivity index (χ4n) is 1.94. The lowest BCUT2D eigenvalue weighted by Gasteiger charge is -2.27. The van der Waals surface area contributed by atoms with Crippen LogP contribution in [0.1, 0.15) is 0 Å². The lowest BCUT2D eigenvalue weighted by molar-refractivity contribution is 0.576. The van der Waals surface area contributed by atoms with Crippen molar-refractivity contribution in [3.05, 3.63) is 18.3 Å². The molecule has 0 radical (unpaired) electrons. The molecule has 2 aromatic heterocycles. The van der Waals surface area contributed by atoms with E-state index in [9.17, 15) is 0 Å². The molecular formula is C10H14N6. The third-order valence-corrected chi connectivity index (χ3v) is 2.81. The minimum atomic E-state index is 0.536. The Morgan fingerprint density at radius 1 is 1.31 bits per heavy atom. The highest BCUT2D eigenvalue weighted by Crippen LogP contribution is 2.15. The second-order valence-corrected chi connectivity index (χ2v) is 3.87. The monoisotopic (exact) mass is 218 g/mol. The first-order valence-corrected chi connectivity index (χ1v) is 5.41. The number of hydrogen-bond donors (Lipinski definition) is 2. The highest BCUT2D eigenvalue weighted by molar-refractivity contribution is 5.66. The van der Waals surface area contributed by atoms with Crippen molar-refractivity contribution in [2.75, 3.05) is 36.8 Å². The van der Waals surface area contributed by atoms with Crippen molar-refractivity contribution >= 4 is 17.3 Å². The number of nitrogens with one attached hydrogen (secondary N) is 1. The molecule has 3 N–H and O–H groups in total. The molecule has 3 heterocycles. The van der Waals surface area contributed by atoms with Gasteiger partial charge in [0.25, 0.3) is 0 Å². The second-order valence-electron chi connectivity index (χ2n) is 3.87. The van der Waals surface area contributed by atoms with E-state index >= 15 is 0 Å². The van der Waals surface area contributed by atoms with Gasteiger partial charge in [0.2, 0.25) is 5.95 Å². The van der Waals surface area contributed by atoms with Crippen LogP contribution in [0, 0.1) is 0 Å². The molecule has 6 heteroatoms. The molecule has 0 unspecified atom stereocenters. The van der Waals surface area contributed by atoms with Gasteiger partial charge in [0.1, 0.15) is 5.52 Å². The lowest BCUT2D eigenvalue weighted by Crippen LogP contribution is -2.44. The number of nitrogens with zero attached hydrogens (tertiary/aromatic N) is 4. The predicted octanol–water partition coefficient (Wildman–Crippen LogP) is -0.279. The predicted molar refractivity (Wildman–Crippen MR) is 62.5 cm³/mol. The summed E-state index contributed by atoms with van der Waals surface area (Å²) >= 11 is 0. The van der Waals surface area contributed by atoms with Crippen LogP contribution >= 0.6 is 0 Å². The van der Waals surface area contributed by atoms with E-state index in [1.807, 2.05) is 18.3 Å². The molecule has 0 aromatic carbocycles. The van der Waals surface area contributed by atoms with Crippen molar-refractivity contribution in [3.63, 3.8) is 0 Å². The summed E-state index contributed by atoms with van der Waals surface area (Å²) in [6.45, 7) is 3.78. The zero-order chi connectivity index (χ0) is 11.0. The van der Waals surface area contributed by atoms with Crippen LogP contribution in [0.4, 0.5) is 11.8 Å². The maximum Gasteiger partial charge on any atom is 0.245 e. The van der Waals surface area contributed by atoms with Gasteiger partial charge in [-0.3, -0.25) is 0 Å². The molecule has 0 atom stereocenters. The highest BCUT2D eigenvalue weighted by Gasteiger charge is 2.14. The van der Waals surface area contributed by atoms with Crippen molar-refractivity contribution in [3.8, 4) is 0 Å². The largest absolute Gasteiger partial charge is 0.382 e. The maximum absolute atomic E-state index is 5.89. The summed E-state index contributed by atoms with van der Waals surface area (Å²) in [4.78, 5) is 6.49. The van der Waals surface area contributed by atoms with Gasteiger partial charge in [-0.15, -0.1) is 5.10 Å². The maximum atomic E-state index is 5.89. The smallest absolute Gasteiger partial charge is 0.245 e. The van der Waals surface area contributed by atoms with E-state index in [4.69, 9.17) is 5.73 Å². The van der Waals surface area contributed by atoms with Crippen molar-refractivity contribution in [2.45, 2.75) is 0 Å². The minimum Gasteiger partial charge on any atom is -0.382 e. The van der Waals surface area contributed by atoms with Crippen LogP contribution in [-0.2, 0) is 0 Å². The average Bonchev–Trinajstić information content (AvgIpc) is 2.79. The zero-order valence-corrected chi connectivity index (χ0v) is 8.93. The van der Waals surface area contributed by atoms with E-state index in [0.717, 1.165) is 31.7 Å². The molecule has 0 saturated carbocycles. The van der Waals surface area contributed by atoms with Gasteiger partial charge >= 0.3 is 0 Å². The molecule has 16 heavy (non-hydrogen) atoms. The topological polar surface area (TPSA) is 71.5 Å².